The van der Waals surface area contributed by atoms with Crippen molar-refractivity contribution in [2.75, 3.05) is 44.2 Å². The molecule has 0 radical (unpaired) electrons. The Morgan fingerprint density at radius 1 is 1.14 bits per heavy atom. The fraction of sp³-hybridized carbons (Fsp3) is 0.515. The Kier molecular flexibility index (Phi) is 7.62. The molecule has 5 heterocycles. The van der Waals surface area contributed by atoms with E-state index in [1.165, 1.54) is 30.1 Å². The fourth-order valence-corrected chi connectivity index (χ4v) is 7.13. The first-order valence-electron chi connectivity index (χ1n) is 15.7. The molecule has 11 heteroatoms. The third-order valence-electron chi connectivity index (χ3n) is 9.48. The first-order valence-corrected chi connectivity index (χ1v) is 15.7. The highest BCUT2D eigenvalue weighted by atomic mass is 19.1. The molecule has 4 aliphatic rings. The topological polar surface area (TPSA) is 96.0 Å². The molecular weight excluding hydrogens is 561 g/mol. The number of rotatable bonds is 10. The van der Waals surface area contributed by atoms with Gasteiger partial charge in [0, 0.05) is 75.6 Å². The maximum Gasteiger partial charge on any atom is 0.257 e. The SMILES string of the molecule is CCN(C(=O)c1cc(F)ccc1Oc1cncnc1N1CC2(CC(Oc3ccnc4c3CN(CC3CNC3)C4)C2)C1)C(C)C. The van der Waals surface area contributed by atoms with E-state index >= 15 is 0 Å². The Balaban J connectivity index is 0.985. The Morgan fingerprint density at radius 2 is 1.95 bits per heavy atom. The van der Waals surface area contributed by atoms with Gasteiger partial charge >= 0.3 is 0 Å². The molecule has 1 saturated carbocycles. The van der Waals surface area contributed by atoms with E-state index < -0.39 is 5.82 Å². The Bertz CT molecular complexity index is 1530. The van der Waals surface area contributed by atoms with E-state index in [0.29, 0.717) is 18.1 Å². The number of carbonyl (C=O) groups is 1. The number of ether oxygens (including phenoxy) is 2. The van der Waals surface area contributed by atoms with E-state index in [9.17, 15) is 9.18 Å². The van der Waals surface area contributed by atoms with Crippen LogP contribution in [0.25, 0.3) is 0 Å². The van der Waals surface area contributed by atoms with Crippen LogP contribution in [0.1, 0.15) is 55.2 Å². The van der Waals surface area contributed by atoms with E-state index in [-0.39, 0.29) is 34.8 Å². The Labute approximate surface area is 257 Å². The largest absolute Gasteiger partial charge is 0.490 e. The second-order valence-corrected chi connectivity index (χ2v) is 13.1. The van der Waals surface area contributed by atoms with Crippen molar-refractivity contribution in [2.45, 2.75) is 58.8 Å². The lowest BCUT2D eigenvalue weighted by atomic mass is 9.61. The molecule has 1 amide bonds. The van der Waals surface area contributed by atoms with Gasteiger partial charge in [-0.2, -0.15) is 0 Å². The van der Waals surface area contributed by atoms with Crippen LogP contribution in [0.15, 0.2) is 43.0 Å². The average molecular weight is 602 g/mol. The van der Waals surface area contributed by atoms with Gasteiger partial charge in [-0.25, -0.2) is 14.4 Å². The lowest BCUT2D eigenvalue weighted by Gasteiger charge is -2.58. The molecule has 1 N–H and O–H groups in total. The van der Waals surface area contributed by atoms with Crippen molar-refractivity contribution in [2.24, 2.45) is 11.3 Å². The zero-order valence-electron chi connectivity index (χ0n) is 25.6. The van der Waals surface area contributed by atoms with Crippen LogP contribution in [0.3, 0.4) is 0 Å². The van der Waals surface area contributed by atoms with E-state index in [4.69, 9.17) is 9.47 Å². The van der Waals surface area contributed by atoms with Gasteiger partial charge in [0.1, 0.15) is 29.7 Å². The summed E-state index contributed by atoms with van der Waals surface area (Å²) < 4.78 is 27.0. The Morgan fingerprint density at radius 3 is 2.68 bits per heavy atom. The average Bonchev–Trinajstić information content (AvgIpc) is 3.37. The van der Waals surface area contributed by atoms with E-state index in [0.717, 1.165) is 76.0 Å². The molecule has 3 aromatic rings. The minimum absolute atomic E-state index is 0.0318. The molecule has 2 aromatic heterocycles. The first-order chi connectivity index (χ1) is 21.3. The number of carbonyl (C=O) groups excluding carboxylic acids is 1. The number of benzene rings is 1. The highest BCUT2D eigenvalue weighted by Crippen LogP contribution is 2.52. The zero-order chi connectivity index (χ0) is 30.4. The molecule has 3 aliphatic heterocycles. The van der Waals surface area contributed by atoms with Crippen LogP contribution in [0, 0.1) is 17.2 Å². The van der Waals surface area contributed by atoms with Gasteiger partial charge in [-0.1, -0.05) is 0 Å². The second-order valence-electron chi connectivity index (χ2n) is 13.1. The van der Waals surface area contributed by atoms with E-state index in [1.807, 2.05) is 33.0 Å². The molecule has 7 rings (SSSR count). The summed E-state index contributed by atoms with van der Waals surface area (Å²) in [5.74, 6) is 2.35. The molecule has 10 nitrogen and oxygen atoms in total. The predicted molar refractivity (Wildman–Crippen MR) is 163 cm³/mol. The molecule has 44 heavy (non-hydrogen) atoms. The molecule has 232 valence electrons. The molecule has 0 atom stereocenters. The maximum atomic E-state index is 14.3. The molecule has 0 unspecified atom stereocenters. The zero-order valence-corrected chi connectivity index (χ0v) is 25.6. The number of nitrogens with one attached hydrogen (secondary N) is 1. The van der Waals surface area contributed by atoms with Crippen molar-refractivity contribution in [1.82, 2.24) is 30.1 Å². The summed E-state index contributed by atoms with van der Waals surface area (Å²) in [6, 6.07) is 6.02. The smallest absolute Gasteiger partial charge is 0.257 e. The number of hydrogen-bond donors (Lipinski definition) is 1. The van der Waals surface area contributed by atoms with Crippen molar-refractivity contribution >= 4 is 11.7 Å². The van der Waals surface area contributed by atoms with Crippen LogP contribution in [-0.4, -0.2) is 82.1 Å². The van der Waals surface area contributed by atoms with Crippen LogP contribution in [0.2, 0.25) is 0 Å². The molecule has 3 fully saturated rings. The van der Waals surface area contributed by atoms with Crippen molar-refractivity contribution in [1.29, 1.82) is 0 Å². The van der Waals surface area contributed by atoms with Gasteiger partial charge in [0.2, 0.25) is 0 Å². The van der Waals surface area contributed by atoms with Crippen LogP contribution in [-0.2, 0) is 13.1 Å². The van der Waals surface area contributed by atoms with Crippen LogP contribution < -0.4 is 19.7 Å². The highest BCUT2D eigenvalue weighted by molar-refractivity contribution is 5.97. The third kappa shape index (κ3) is 5.47. The van der Waals surface area contributed by atoms with E-state index in [2.05, 4.69) is 30.1 Å². The van der Waals surface area contributed by atoms with Crippen molar-refractivity contribution in [3.8, 4) is 17.2 Å². The maximum absolute atomic E-state index is 14.3. The van der Waals surface area contributed by atoms with Gasteiger partial charge in [-0.15, -0.1) is 0 Å². The van der Waals surface area contributed by atoms with Gasteiger partial charge in [-0.3, -0.25) is 14.7 Å². The lowest BCUT2D eigenvalue weighted by Crippen LogP contribution is -2.65. The predicted octanol–water partition coefficient (Wildman–Crippen LogP) is 4.26. The summed E-state index contributed by atoms with van der Waals surface area (Å²) >= 11 is 0. The quantitative estimate of drug-likeness (QED) is 0.366. The monoisotopic (exact) mass is 601 g/mol. The fourth-order valence-electron chi connectivity index (χ4n) is 7.13. The van der Waals surface area contributed by atoms with Crippen molar-refractivity contribution in [3.05, 3.63) is 65.6 Å². The lowest BCUT2D eigenvalue weighted by molar-refractivity contribution is -0.0349. The van der Waals surface area contributed by atoms with Crippen molar-refractivity contribution < 1.29 is 18.7 Å². The highest BCUT2D eigenvalue weighted by Gasteiger charge is 2.54. The molecule has 1 aliphatic carbocycles. The van der Waals surface area contributed by atoms with Crippen molar-refractivity contribution in [3.63, 3.8) is 0 Å². The summed E-state index contributed by atoms with van der Waals surface area (Å²) in [4.78, 5) is 33.0. The molecule has 0 bridgehead atoms. The van der Waals surface area contributed by atoms with Crippen LogP contribution in [0.4, 0.5) is 10.2 Å². The number of anilines is 1. The number of aromatic nitrogens is 3. The number of hydrogen-bond acceptors (Lipinski definition) is 9. The van der Waals surface area contributed by atoms with Gasteiger partial charge < -0.3 is 24.6 Å². The van der Waals surface area contributed by atoms with E-state index in [1.54, 1.807) is 11.1 Å². The minimum Gasteiger partial charge on any atom is -0.490 e. The number of pyridine rings is 1. The summed E-state index contributed by atoms with van der Waals surface area (Å²) in [5.41, 5.74) is 2.75. The number of amides is 1. The van der Waals surface area contributed by atoms with Crippen LogP contribution in [0.5, 0.6) is 17.2 Å². The normalized spacial score (nSPS) is 19.3. The van der Waals surface area contributed by atoms with Gasteiger partial charge in [0.15, 0.2) is 11.6 Å². The summed E-state index contributed by atoms with van der Waals surface area (Å²) in [6.45, 7) is 13.1. The first kappa shape index (κ1) is 28.9. The molecule has 1 aromatic carbocycles. The molecule has 2 saturated heterocycles. The number of halogens is 1. The summed E-state index contributed by atoms with van der Waals surface area (Å²) in [7, 11) is 0. The van der Waals surface area contributed by atoms with Gasteiger partial charge in [0.05, 0.1) is 17.5 Å². The summed E-state index contributed by atoms with van der Waals surface area (Å²) in [5, 5.41) is 3.36. The van der Waals surface area contributed by atoms with Crippen LogP contribution >= 0.6 is 0 Å². The third-order valence-corrected chi connectivity index (χ3v) is 9.48. The molecule has 1 spiro atoms. The summed E-state index contributed by atoms with van der Waals surface area (Å²) in [6.07, 6.45) is 7.14. The minimum atomic E-state index is -0.489. The van der Waals surface area contributed by atoms with Gasteiger partial charge in [-0.05, 0) is 63.8 Å². The molecular formula is C33H40FN7O3. The van der Waals surface area contributed by atoms with Gasteiger partial charge in [0.25, 0.3) is 5.91 Å². The number of fused-ring (bicyclic) bond motifs is 1. The number of nitrogens with zero attached hydrogens (tertiary/aromatic N) is 6. The standard InChI is InChI=1S/C33H40FN7O3/c1-4-41(21(2)3)32(42)25-9-23(34)5-6-28(25)44-30-14-36-20-38-31(30)40-18-33(19-40)10-24(11-33)43-29-7-8-37-27-17-39(16-26(27)29)15-22-12-35-13-22/h5-9,14,20-22,24,35H,4,10-13,15-19H2,1-3H3. The second kappa shape index (κ2) is 11.6. The Hall–Kier alpha value is -3.83.